The van der Waals surface area contributed by atoms with Crippen LogP contribution in [0.25, 0.3) is 10.2 Å². The second-order valence-corrected chi connectivity index (χ2v) is 7.01. The topological polar surface area (TPSA) is 60.3 Å². The highest BCUT2D eigenvalue weighted by Gasteiger charge is 2.19. The maximum Gasteiger partial charge on any atom is 0.354 e. The van der Waals surface area contributed by atoms with Crippen molar-refractivity contribution in [3.8, 4) is 0 Å². The molecule has 5 nitrogen and oxygen atoms in total. The lowest BCUT2D eigenvalue weighted by Crippen LogP contribution is -2.21. The van der Waals surface area contributed by atoms with Gasteiger partial charge in [0.25, 0.3) is 0 Å². The van der Waals surface area contributed by atoms with Crippen LogP contribution in [-0.2, 0) is 16.1 Å². The highest BCUT2D eigenvalue weighted by atomic mass is 32.1. The molecule has 3 aromatic rings. The van der Waals surface area contributed by atoms with E-state index in [2.05, 4.69) is 5.32 Å². The molecule has 0 aliphatic carbocycles. The number of carbonyl (C=O) groups excluding carboxylic acids is 2. The molecule has 0 spiro atoms. The lowest BCUT2D eigenvalue weighted by Gasteiger charge is -2.10. The van der Waals surface area contributed by atoms with Gasteiger partial charge < -0.3 is 14.6 Å². The number of amides is 1. The molecule has 0 fully saturated rings. The van der Waals surface area contributed by atoms with Gasteiger partial charge in [-0.2, -0.15) is 0 Å². The molecular formula is C18H17FN2O3S. The zero-order valence-corrected chi connectivity index (χ0v) is 14.9. The molecule has 0 saturated heterocycles. The number of hydrogen-bond acceptors (Lipinski definition) is 4. The summed E-state index contributed by atoms with van der Waals surface area (Å²) in [6.07, 6.45) is 0. The smallest absolute Gasteiger partial charge is 0.354 e. The Morgan fingerprint density at radius 1 is 1.24 bits per heavy atom. The van der Waals surface area contributed by atoms with Crippen LogP contribution in [0.5, 0.6) is 0 Å². The number of anilines is 1. The van der Waals surface area contributed by atoms with Gasteiger partial charge in [-0.3, -0.25) is 4.79 Å². The number of rotatable bonds is 4. The summed E-state index contributed by atoms with van der Waals surface area (Å²) >= 11 is 1.54. The summed E-state index contributed by atoms with van der Waals surface area (Å²) in [6.45, 7) is 3.54. The average Bonchev–Trinajstić information content (AvgIpc) is 3.07. The summed E-state index contributed by atoms with van der Waals surface area (Å²) in [5, 5.41) is 2.66. The van der Waals surface area contributed by atoms with Gasteiger partial charge in [-0.15, -0.1) is 11.3 Å². The Labute approximate surface area is 148 Å². The zero-order valence-electron chi connectivity index (χ0n) is 14.1. The molecule has 1 N–H and O–H groups in total. The van der Waals surface area contributed by atoms with Gasteiger partial charge in [0, 0.05) is 10.6 Å². The second kappa shape index (κ2) is 6.68. The molecule has 0 atom stereocenters. The van der Waals surface area contributed by atoms with Crippen LogP contribution in [0, 0.1) is 19.7 Å². The van der Waals surface area contributed by atoms with Crippen LogP contribution >= 0.6 is 11.3 Å². The first-order valence-electron chi connectivity index (χ1n) is 7.63. The maximum atomic E-state index is 13.6. The molecule has 130 valence electrons. The molecular weight excluding hydrogens is 343 g/mol. The Kier molecular flexibility index (Phi) is 4.59. The van der Waals surface area contributed by atoms with Crippen molar-refractivity contribution in [1.29, 1.82) is 0 Å². The van der Waals surface area contributed by atoms with Crippen LogP contribution in [0.2, 0.25) is 0 Å². The van der Waals surface area contributed by atoms with E-state index < -0.39 is 5.97 Å². The number of nitrogens with one attached hydrogen (secondary N) is 1. The molecule has 0 unspecified atom stereocenters. The Bertz CT molecular complexity index is 974. The SMILES string of the molecule is COC(=O)c1cc2sc(C)cc2n1CC(=O)Nc1ccc(C)c(F)c1. The Hall–Kier alpha value is -2.67. The highest BCUT2D eigenvalue weighted by molar-refractivity contribution is 7.19. The lowest BCUT2D eigenvalue weighted by atomic mass is 10.2. The largest absolute Gasteiger partial charge is 0.464 e. The van der Waals surface area contributed by atoms with E-state index in [1.54, 1.807) is 29.7 Å². The lowest BCUT2D eigenvalue weighted by molar-refractivity contribution is -0.116. The van der Waals surface area contributed by atoms with Crippen LogP contribution in [-0.4, -0.2) is 23.6 Å². The molecule has 2 aromatic heterocycles. The number of aromatic nitrogens is 1. The minimum absolute atomic E-state index is 0.0698. The fourth-order valence-corrected chi connectivity index (χ4v) is 3.59. The van der Waals surface area contributed by atoms with Gasteiger partial charge in [-0.05, 0) is 43.7 Å². The number of thiophene rings is 1. The van der Waals surface area contributed by atoms with Crippen molar-refractivity contribution in [3.05, 3.63) is 52.3 Å². The third kappa shape index (κ3) is 3.41. The van der Waals surface area contributed by atoms with Gasteiger partial charge in [0.1, 0.15) is 18.1 Å². The van der Waals surface area contributed by atoms with Crippen molar-refractivity contribution in [2.75, 3.05) is 12.4 Å². The van der Waals surface area contributed by atoms with Gasteiger partial charge >= 0.3 is 5.97 Å². The van der Waals surface area contributed by atoms with Crippen LogP contribution in [0.4, 0.5) is 10.1 Å². The molecule has 25 heavy (non-hydrogen) atoms. The first-order chi connectivity index (χ1) is 11.9. The van der Waals surface area contributed by atoms with Crippen molar-refractivity contribution >= 4 is 39.1 Å². The maximum absolute atomic E-state index is 13.6. The molecule has 1 amide bonds. The monoisotopic (exact) mass is 360 g/mol. The van der Waals surface area contributed by atoms with E-state index in [1.165, 1.54) is 24.5 Å². The van der Waals surface area contributed by atoms with E-state index in [9.17, 15) is 14.0 Å². The summed E-state index contributed by atoms with van der Waals surface area (Å²) in [7, 11) is 1.30. The van der Waals surface area contributed by atoms with E-state index in [4.69, 9.17) is 4.74 Å². The minimum atomic E-state index is -0.504. The predicted molar refractivity (Wildman–Crippen MR) is 95.7 cm³/mol. The fourth-order valence-electron chi connectivity index (χ4n) is 2.62. The number of benzene rings is 1. The summed E-state index contributed by atoms with van der Waals surface area (Å²) in [5.41, 5.74) is 1.99. The summed E-state index contributed by atoms with van der Waals surface area (Å²) < 4.78 is 20.9. The molecule has 0 aliphatic heterocycles. The van der Waals surface area contributed by atoms with E-state index in [0.717, 1.165) is 15.1 Å². The van der Waals surface area contributed by atoms with Crippen molar-refractivity contribution < 1.29 is 18.7 Å². The van der Waals surface area contributed by atoms with Crippen LogP contribution in [0.3, 0.4) is 0 Å². The Morgan fingerprint density at radius 2 is 2.00 bits per heavy atom. The first kappa shape index (κ1) is 17.2. The van der Waals surface area contributed by atoms with Gasteiger partial charge in [0.15, 0.2) is 0 Å². The van der Waals surface area contributed by atoms with E-state index in [-0.39, 0.29) is 18.3 Å². The first-order valence-corrected chi connectivity index (χ1v) is 8.44. The highest BCUT2D eigenvalue weighted by Crippen LogP contribution is 2.29. The fraction of sp³-hybridized carbons (Fsp3) is 0.222. The summed E-state index contributed by atoms with van der Waals surface area (Å²) in [4.78, 5) is 25.5. The standard InChI is InChI=1S/C18H17FN2O3S/c1-10-4-5-12(7-13(10)19)20-17(22)9-21-14-6-11(2)25-16(14)8-15(21)18(23)24-3/h4-8H,9H2,1-3H3,(H,20,22). The van der Waals surface area contributed by atoms with Gasteiger partial charge in [-0.1, -0.05) is 6.07 Å². The molecule has 3 rings (SSSR count). The van der Waals surface area contributed by atoms with E-state index >= 15 is 0 Å². The van der Waals surface area contributed by atoms with Crippen molar-refractivity contribution in [3.63, 3.8) is 0 Å². The molecule has 0 aliphatic rings. The third-order valence-corrected chi connectivity index (χ3v) is 4.85. The van der Waals surface area contributed by atoms with E-state index in [1.807, 2.05) is 13.0 Å². The van der Waals surface area contributed by atoms with Gasteiger partial charge in [-0.25, -0.2) is 9.18 Å². The normalized spacial score (nSPS) is 10.9. The van der Waals surface area contributed by atoms with Gasteiger partial charge in [0.2, 0.25) is 5.91 Å². The minimum Gasteiger partial charge on any atom is -0.464 e. The third-order valence-electron chi connectivity index (χ3n) is 3.86. The number of methoxy groups -OCH3 is 1. The number of fused-ring (bicyclic) bond motifs is 1. The van der Waals surface area contributed by atoms with E-state index in [0.29, 0.717) is 16.9 Å². The summed E-state index contributed by atoms with van der Waals surface area (Å²) in [5.74, 6) is -1.24. The molecule has 1 aromatic carbocycles. The Balaban J connectivity index is 1.89. The molecule has 0 saturated carbocycles. The van der Waals surface area contributed by atoms with Crippen molar-refractivity contribution in [2.45, 2.75) is 20.4 Å². The van der Waals surface area contributed by atoms with Crippen LogP contribution in [0.15, 0.2) is 30.3 Å². The molecule has 0 radical (unpaired) electrons. The quantitative estimate of drug-likeness (QED) is 0.718. The van der Waals surface area contributed by atoms with Crippen molar-refractivity contribution in [2.24, 2.45) is 0 Å². The molecule has 2 heterocycles. The average molecular weight is 360 g/mol. The predicted octanol–water partition coefficient (Wildman–Crippen LogP) is 3.88. The number of ether oxygens (including phenoxy) is 1. The zero-order chi connectivity index (χ0) is 18.1. The second-order valence-electron chi connectivity index (χ2n) is 5.73. The van der Waals surface area contributed by atoms with Gasteiger partial charge in [0.05, 0.1) is 17.3 Å². The Morgan fingerprint density at radius 3 is 2.68 bits per heavy atom. The van der Waals surface area contributed by atoms with Crippen molar-refractivity contribution in [1.82, 2.24) is 4.57 Å². The summed E-state index contributed by atoms with van der Waals surface area (Å²) in [6, 6.07) is 8.15. The van der Waals surface area contributed by atoms with Crippen LogP contribution in [0.1, 0.15) is 20.9 Å². The molecule has 0 bridgehead atoms. The number of carbonyl (C=O) groups is 2. The number of halogens is 1. The number of aryl methyl sites for hydroxylation is 2. The number of hydrogen-bond donors (Lipinski definition) is 1. The number of esters is 1. The number of nitrogens with zero attached hydrogens (tertiary/aromatic N) is 1. The molecule has 7 heteroatoms. The van der Waals surface area contributed by atoms with Crippen LogP contribution < -0.4 is 5.32 Å².